The minimum atomic E-state index is -0.224. The van der Waals surface area contributed by atoms with E-state index in [1.807, 2.05) is 61.5 Å². The van der Waals surface area contributed by atoms with E-state index in [2.05, 4.69) is 47.2 Å². The fourth-order valence-electron chi connectivity index (χ4n) is 7.76. The van der Waals surface area contributed by atoms with Crippen LogP contribution in [0.2, 0.25) is 0 Å². The maximum absolute atomic E-state index is 12.9. The standard InChI is InChI=1S/C44H45N3O4/c1-3-30-16-17-31(24-30)18-19-32-25-34(36(26-32)28-51-37-20-21-38(42(48)27-37)43(49)33-10-5-4-6-11-33)12-9-13-35-22-29(2)23-41(44(35)50)47-45-39-14-7-8-15-40(39)46-47/h3-12,14-15,18-23,27,30-32,34,36,48,50H,1,13,16-17,24-26,28H2,2H3/b12-9+,19-18+. The number of aromatic hydroxyl groups is 2. The average Bonchev–Trinajstić information content (AvgIpc) is 3.89. The molecule has 5 atom stereocenters. The first-order chi connectivity index (χ1) is 24.8. The van der Waals surface area contributed by atoms with Crippen LogP contribution in [0.4, 0.5) is 0 Å². The molecule has 51 heavy (non-hydrogen) atoms. The molecule has 7 heteroatoms. The number of benzene rings is 4. The zero-order valence-electron chi connectivity index (χ0n) is 29.1. The van der Waals surface area contributed by atoms with Gasteiger partial charge in [-0.25, -0.2) is 0 Å². The van der Waals surface area contributed by atoms with E-state index in [9.17, 15) is 15.0 Å². The molecule has 7 nitrogen and oxygen atoms in total. The first kappa shape index (κ1) is 34.0. The number of phenolic OH excluding ortho intramolecular Hbond substituents is 2. The van der Waals surface area contributed by atoms with E-state index in [-0.39, 0.29) is 34.7 Å². The number of rotatable bonds is 12. The Labute approximate surface area is 299 Å². The van der Waals surface area contributed by atoms with Crippen LogP contribution in [-0.4, -0.2) is 37.6 Å². The van der Waals surface area contributed by atoms with Crippen LogP contribution in [0.25, 0.3) is 16.7 Å². The van der Waals surface area contributed by atoms with Gasteiger partial charge in [-0.05, 0) is 111 Å². The van der Waals surface area contributed by atoms with Gasteiger partial charge in [0, 0.05) is 17.2 Å². The molecule has 2 saturated carbocycles. The molecule has 0 radical (unpaired) electrons. The molecule has 2 aliphatic carbocycles. The highest BCUT2D eigenvalue weighted by atomic mass is 16.5. The minimum Gasteiger partial charge on any atom is -0.507 e. The van der Waals surface area contributed by atoms with Crippen LogP contribution in [0.15, 0.2) is 122 Å². The van der Waals surface area contributed by atoms with E-state index in [0.717, 1.165) is 35.0 Å². The Morgan fingerprint density at radius 3 is 2.31 bits per heavy atom. The van der Waals surface area contributed by atoms with Crippen molar-refractivity contribution < 1.29 is 19.7 Å². The lowest BCUT2D eigenvalue weighted by molar-refractivity contribution is 0.103. The lowest BCUT2D eigenvalue weighted by atomic mass is 9.95. The maximum atomic E-state index is 12.9. The van der Waals surface area contributed by atoms with Crippen molar-refractivity contribution in [1.82, 2.24) is 15.0 Å². The zero-order chi connectivity index (χ0) is 35.3. The van der Waals surface area contributed by atoms with Crippen LogP contribution in [0, 0.1) is 36.5 Å². The smallest absolute Gasteiger partial charge is 0.196 e. The monoisotopic (exact) mass is 679 g/mol. The fourth-order valence-corrected chi connectivity index (χ4v) is 7.76. The summed E-state index contributed by atoms with van der Waals surface area (Å²) >= 11 is 0. The van der Waals surface area contributed by atoms with E-state index in [0.29, 0.717) is 47.8 Å². The van der Waals surface area contributed by atoms with Gasteiger partial charge < -0.3 is 14.9 Å². The summed E-state index contributed by atoms with van der Waals surface area (Å²) in [5.41, 5.74) is 4.75. The quantitative estimate of drug-likeness (QED) is 0.101. The normalized spacial score (nSPS) is 21.9. The molecule has 7 rings (SSSR count). The molecular formula is C44H45N3O4. The van der Waals surface area contributed by atoms with Crippen molar-refractivity contribution in [3.05, 3.63) is 144 Å². The fraction of sp³-hybridized carbons (Fsp3) is 0.295. The Morgan fingerprint density at radius 1 is 0.863 bits per heavy atom. The second-order valence-electron chi connectivity index (χ2n) is 14.2. The van der Waals surface area contributed by atoms with Crippen molar-refractivity contribution in [2.75, 3.05) is 6.61 Å². The summed E-state index contributed by atoms with van der Waals surface area (Å²) in [6.07, 6.45) is 17.6. The molecule has 2 fully saturated rings. The number of aryl methyl sites for hydroxylation is 1. The summed E-state index contributed by atoms with van der Waals surface area (Å²) in [4.78, 5) is 14.5. The van der Waals surface area contributed by atoms with Crippen molar-refractivity contribution >= 4 is 16.8 Å². The Bertz CT molecular complexity index is 2050. The molecule has 5 aromatic rings. The second-order valence-corrected chi connectivity index (χ2v) is 14.2. The number of aromatic nitrogens is 3. The largest absolute Gasteiger partial charge is 0.507 e. The van der Waals surface area contributed by atoms with Crippen LogP contribution in [0.1, 0.15) is 59.2 Å². The van der Waals surface area contributed by atoms with Gasteiger partial charge in [0.25, 0.3) is 0 Å². The molecule has 0 saturated heterocycles. The lowest BCUT2D eigenvalue weighted by Crippen LogP contribution is -2.15. The number of hydrogen-bond acceptors (Lipinski definition) is 6. The lowest BCUT2D eigenvalue weighted by Gasteiger charge is -2.18. The van der Waals surface area contributed by atoms with Crippen LogP contribution < -0.4 is 4.74 Å². The van der Waals surface area contributed by atoms with Crippen molar-refractivity contribution in [2.45, 2.75) is 45.4 Å². The molecule has 0 bridgehead atoms. The first-order valence-electron chi connectivity index (χ1n) is 18.0. The van der Waals surface area contributed by atoms with Crippen LogP contribution >= 0.6 is 0 Å². The van der Waals surface area contributed by atoms with Gasteiger partial charge in [0.05, 0.1) is 12.2 Å². The zero-order valence-corrected chi connectivity index (χ0v) is 29.1. The molecule has 5 unspecified atom stereocenters. The molecule has 0 aliphatic heterocycles. The molecular weight excluding hydrogens is 635 g/mol. The molecule has 0 amide bonds. The van der Waals surface area contributed by atoms with E-state index >= 15 is 0 Å². The Balaban J connectivity index is 1.06. The molecule has 0 spiro atoms. The number of carbonyl (C=O) groups is 1. The summed E-state index contributed by atoms with van der Waals surface area (Å²) in [7, 11) is 0. The molecule has 2 N–H and O–H groups in total. The van der Waals surface area contributed by atoms with Crippen molar-refractivity contribution in [2.24, 2.45) is 29.6 Å². The number of allylic oxidation sites excluding steroid dienone is 5. The summed E-state index contributed by atoms with van der Waals surface area (Å²) in [5.74, 6) is 2.61. The SMILES string of the molecule is C=CC1CCC(/C=C/C2CC(/C=C/Cc3cc(C)cc(-n4nc5ccccc5n4)c3O)C(COc3ccc(C(=O)c4ccccc4)c(O)c3)C2)C1. The molecule has 4 aromatic carbocycles. The van der Waals surface area contributed by atoms with E-state index in [1.165, 1.54) is 24.1 Å². The van der Waals surface area contributed by atoms with E-state index in [4.69, 9.17) is 4.74 Å². The summed E-state index contributed by atoms with van der Waals surface area (Å²) in [6, 6.07) is 25.5. The Kier molecular flexibility index (Phi) is 10.2. The predicted octanol–water partition coefficient (Wildman–Crippen LogP) is 9.35. The third-order valence-corrected chi connectivity index (χ3v) is 10.5. The van der Waals surface area contributed by atoms with Gasteiger partial charge in [-0.2, -0.15) is 0 Å². The third-order valence-electron chi connectivity index (χ3n) is 10.5. The molecule has 1 aromatic heterocycles. The van der Waals surface area contributed by atoms with Gasteiger partial charge in [0.15, 0.2) is 5.78 Å². The van der Waals surface area contributed by atoms with Crippen LogP contribution in [0.3, 0.4) is 0 Å². The van der Waals surface area contributed by atoms with Gasteiger partial charge in [-0.15, -0.1) is 21.6 Å². The number of carbonyl (C=O) groups excluding carboxylic acids is 1. The van der Waals surface area contributed by atoms with Crippen molar-refractivity contribution in [3.8, 4) is 22.9 Å². The third kappa shape index (κ3) is 7.83. The molecule has 1 heterocycles. The summed E-state index contributed by atoms with van der Waals surface area (Å²) in [6.45, 7) is 6.51. The highest BCUT2D eigenvalue weighted by Crippen LogP contribution is 2.41. The number of ether oxygens (including phenoxy) is 1. The number of nitrogens with zero attached hydrogens (tertiary/aromatic N) is 3. The van der Waals surface area contributed by atoms with E-state index < -0.39 is 0 Å². The van der Waals surface area contributed by atoms with Crippen LogP contribution in [0.5, 0.6) is 17.2 Å². The minimum absolute atomic E-state index is 0.0878. The van der Waals surface area contributed by atoms with Gasteiger partial charge in [0.2, 0.25) is 0 Å². The Hall–Kier alpha value is -5.43. The van der Waals surface area contributed by atoms with Gasteiger partial charge >= 0.3 is 0 Å². The average molecular weight is 680 g/mol. The van der Waals surface area contributed by atoms with Crippen molar-refractivity contribution in [3.63, 3.8) is 0 Å². The molecule has 260 valence electrons. The van der Waals surface area contributed by atoms with Gasteiger partial charge in [-0.1, -0.05) is 78.9 Å². The maximum Gasteiger partial charge on any atom is 0.196 e. The van der Waals surface area contributed by atoms with Gasteiger partial charge in [0.1, 0.15) is 34.0 Å². The molecule has 2 aliphatic rings. The van der Waals surface area contributed by atoms with Crippen LogP contribution in [-0.2, 0) is 6.42 Å². The second kappa shape index (κ2) is 15.2. The van der Waals surface area contributed by atoms with E-state index in [1.54, 1.807) is 30.3 Å². The number of hydrogen-bond donors (Lipinski definition) is 2. The highest BCUT2D eigenvalue weighted by molar-refractivity contribution is 6.10. The number of ketones is 1. The number of phenols is 2. The van der Waals surface area contributed by atoms with Gasteiger partial charge in [-0.3, -0.25) is 4.79 Å². The topological polar surface area (TPSA) is 97.5 Å². The summed E-state index contributed by atoms with van der Waals surface area (Å²) < 4.78 is 6.29. The predicted molar refractivity (Wildman–Crippen MR) is 201 cm³/mol. The van der Waals surface area contributed by atoms with Crippen molar-refractivity contribution in [1.29, 1.82) is 0 Å². The number of fused-ring (bicyclic) bond motifs is 1. The highest BCUT2D eigenvalue weighted by Gasteiger charge is 2.32. The Morgan fingerprint density at radius 2 is 1.59 bits per heavy atom. The first-order valence-corrected chi connectivity index (χ1v) is 18.0. The summed E-state index contributed by atoms with van der Waals surface area (Å²) in [5, 5.41) is 31.3.